The van der Waals surface area contributed by atoms with E-state index < -0.39 is 0 Å². The van der Waals surface area contributed by atoms with Gasteiger partial charge in [0, 0.05) is 52.5 Å². The van der Waals surface area contributed by atoms with E-state index in [9.17, 15) is 0 Å². The highest BCUT2D eigenvalue weighted by Gasteiger charge is 2.23. The molecule has 16 rings (SSSR count). The molecule has 0 amide bonds. The molecule has 10 aromatic carbocycles. The van der Waals surface area contributed by atoms with Crippen molar-refractivity contribution in [3.63, 3.8) is 0 Å². The van der Waals surface area contributed by atoms with E-state index in [4.69, 9.17) is 9.97 Å². The zero-order valence-corrected chi connectivity index (χ0v) is 40.2. The van der Waals surface area contributed by atoms with E-state index in [0.29, 0.717) is 0 Å². The molecule has 334 valence electrons. The minimum atomic E-state index is 0.995. The molecule has 16 aromatic rings. The molecule has 0 unspecified atom stereocenters. The summed E-state index contributed by atoms with van der Waals surface area (Å²) in [6.45, 7) is 0. The monoisotopic (exact) mass is 950 g/mol. The van der Waals surface area contributed by atoms with E-state index >= 15 is 0 Å². The highest BCUT2D eigenvalue weighted by Crippen LogP contribution is 2.47. The van der Waals surface area contributed by atoms with Gasteiger partial charge in [0.05, 0.1) is 64.9 Å². The molecular weight excluding hydrogens is 913 g/mol. The number of benzene rings is 10. The third-order valence-electron chi connectivity index (χ3n) is 14.9. The van der Waals surface area contributed by atoms with Crippen LogP contribution in [0.4, 0.5) is 0 Å². The lowest BCUT2D eigenvalue weighted by Crippen LogP contribution is -1.97. The van der Waals surface area contributed by atoms with Crippen molar-refractivity contribution in [2.24, 2.45) is 0 Å². The molecule has 0 aliphatic carbocycles. The maximum Gasteiger partial charge on any atom is 0.0917 e. The zero-order chi connectivity index (χ0) is 47.0. The number of fused-ring (bicyclic) bond motifs is 14. The van der Waals surface area contributed by atoms with Crippen molar-refractivity contribution in [3.8, 4) is 44.8 Å². The van der Waals surface area contributed by atoms with Gasteiger partial charge in [0.15, 0.2) is 0 Å². The summed E-state index contributed by atoms with van der Waals surface area (Å²) in [6, 6.07) is 84.3. The largest absolute Gasteiger partial charge is 0.307 e. The van der Waals surface area contributed by atoms with E-state index in [-0.39, 0.29) is 0 Å². The molecule has 0 bridgehead atoms. The van der Waals surface area contributed by atoms with Gasteiger partial charge in [0.25, 0.3) is 0 Å². The van der Waals surface area contributed by atoms with Crippen LogP contribution in [0.3, 0.4) is 0 Å². The molecule has 0 saturated heterocycles. The average molecular weight is 951 g/mol. The number of thiophene rings is 2. The highest BCUT2D eigenvalue weighted by molar-refractivity contribution is 7.26. The van der Waals surface area contributed by atoms with Gasteiger partial charge in [-0.05, 0) is 106 Å². The van der Waals surface area contributed by atoms with Gasteiger partial charge in [0.1, 0.15) is 0 Å². The number of hydrogen-bond donors (Lipinski definition) is 0. The topological polar surface area (TPSA) is 35.6 Å². The fourth-order valence-electron chi connectivity index (χ4n) is 11.6. The lowest BCUT2D eigenvalue weighted by molar-refractivity contribution is 1.21. The quantitative estimate of drug-likeness (QED) is 0.172. The van der Waals surface area contributed by atoms with Crippen molar-refractivity contribution in [1.29, 1.82) is 0 Å². The maximum absolute atomic E-state index is 5.31. The van der Waals surface area contributed by atoms with Crippen LogP contribution in [0, 0.1) is 0 Å². The predicted molar refractivity (Wildman–Crippen MR) is 308 cm³/mol. The van der Waals surface area contributed by atoms with Gasteiger partial charge in [0.2, 0.25) is 0 Å². The number of nitrogens with zero attached hydrogens (tertiary/aromatic N) is 4. The SMILES string of the molecule is c1ccc(-c2ccc3c(c2)c2cc(-c4cccc(-c5ccc6c(c5)c5ccccc5n6-c5c6ccccc6nc6c5sc5ccccc56)c4)ccc2n3-c2c3ccccc3nc3c2sc2ccccc23)cc1. The van der Waals surface area contributed by atoms with Crippen LogP contribution in [0.5, 0.6) is 0 Å². The fraction of sp³-hybridized carbons (Fsp3) is 0. The smallest absolute Gasteiger partial charge is 0.0917 e. The number of para-hydroxylation sites is 3. The van der Waals surface area contributed by atoms with Crippen LogP contribution >= 0.6 is 22.7 Å². The van der Waals surface area contributed by atoms with Crippen molar-refractivity contribution < 1.29 is 0 Å². The van der Waals surface area contributed by atoms with Crippen molar-refractivity contribution >= 4 is 129 Å². The molecule has 6 heterocycles. The Morgan fingerprint density at radius 2 is 0.639 bits per heavy atom. The summed E-state index contributed by atoms with van der Waals surface area (Å²) in [4.78, 5) is 10.6. The molecular formula is C66H38N4S2. The van der Waals surface area contributed by atoms with Gasteiger partial charge in [-0.25, -0.2) is 9.97 Å². The lowest BCUT2D eigenvalue weighted by atomic mass is 9.96. The van der Waals surface area contributed by atoms with E-state index in [1.807, 2.05) is 22.7 Å². The highest BCUT2D eigenvalue weighted by atomic mass is 32.1. The first kappa shape index (κ1) is 39.9. The molecule has 0 aliphatic heterocycles. The molecule has 0 atom stereocenters. The van der Waals surface area contributed by atoms with Crippen LogP contribution < -0.4 is 0 Å². The van der Waals surface area contributed by atoms with Gasteiger partial charge in [-0.2, -0.15) is 0 Å². The van der Waals surface area contributed by atoms with Crippen molar-refractivity contribution in [1.82, 2.24) is 19.1 Å². The van der Waals surface area contributed by atoms with Crippen LogP contribution in [-0.4, -0.2) is 19.1 Å². The normalized spacial score (nSPS) is 12.2. The Hall–Kier alpha value is -8.94. The first-order chi connectivity index (χ1) is 35.7. The first-order valence-corrected chi connectivity index (χ1v) is 26.0. The summed E-state index contributed by atoms with van der Waals surface area (Å²) >= 11 is 3.67. The van der Waals surface area contributed by atoms with Gasteiger partial charge < -0.3 is 9.13 Å². The van der Waals surface area contributed by atoms with E-state index in [2.05, 4.69) is 240 Å². The second kappa shape index (κ2) is 15.3. The molecule has 0 N–H and O–H groups in total. The van der Waals surface area contributed by atoms with Crippen LogP contribution in [0.2, 0.25) is 0 Å². The second-order valence-electron chi connectivity index (χ2n) is 18.8. The van der Waals surface area contributed by atoms with Crippen LogP contribution in [0.25, 0.3) is 151 Å². The summed E-state index contributed by atoms with van der Waals surface area (Å²) < 4.78 is 9.88. The van der Waals surface area contributed by atoms with Gasteiger partial charge in [-0.3, -0.25) is 0 Å². The average Bonchev–Trinajstić information content (AvgIpc) is 4.19. The predicted octanol–water partition coefficient (Wildman–Crippen LogP) is 18.7. The third kappa shape index (κ3) is 5.79. The molecule has 0 radical (unpaired) electrons. The molecule has 72 heavy (non-hydrogen) atoms. The summed E-state index contributed by atoms with van der Waals surface area (Å²) in [5.74, 6) is 0. The van der Waals surface area contributed by atoms with E-state index in [1.165, 1.54) is 118 Å². The maximum atomic E-state index is 5.31. The Morgan fingerprint density at radius 1 is 0.264 bits per heavy atom. The summed E-state index contributed by atoms with van der Waals surface area (Å²) in [5, 5.41) is 9.57. The van der Waals surface area contributed by atoms with Gasteiger partial charge in [-0.15, -0.1) is 22.7 Å². The number of rotatable bonds is 5. The summed E-state index contributed by atoms with van der Waals surface area (Å²) in [5.41, 5.74) is 18.3. The molecule has 0 saturated carbocycles. The molecule has 4 nitrogen and oxygen atoms in total. The van der Waals surface area contributed by atoms with E-state index in [1.54, 1.807) is 0 Å². The Balaban J connectivity index is 0.885. The molecule has 6 aromatic heterocycles. The molecule has 0 fully saturated rings. The number of pyridine rings is 2. The number of hydrogen-bond acceptors (Lipinski definition) is 4. The Bertz CT molecular complexity index is 4940. The number of aromatic nitrogens is 4. The molecule has 0 aliphatic rings. The summed E-state index contributed by atoms with van der Waals surface area (Å²) in [6.07, 6.45) is 0. The Morgan fingerprint density at radius 3 is 1.17 bits per heavy atom. The molecule has 6 heteroatoms. The van der Waals surface area contributed by atoms with Crippen LogP contribution in [0.15, 0.2) is 231 Å². The van der Waals surface area contributed by atoms with Crippen LogP contribution in [0.1, 0.15) is 0 Å². The Kier molecular flexibility index (Phi) is 8.46. The van der Waals surface area contributed by atoms with Gasteiger partial charge >= 0.3 is 0 Å². The third-order valence-corrected chi connectivity index (χ3v) is 17.2. The zero-order valence-electron chi connectivity index (χ0n) is 38.5. The minimum Gasteiger partial charge on any atom is -0.307 e. The Labute approximate surface area is 420 Å². The second-order valence-corrected chi connectivity index (χ2v) is 20.9. The van der Waals surface area contributed by atoms with E-state index in [0.717, 1.165) is 32.8 Å². The lowest BCUT2D eigenvalue weighted by Gasteiger charge is -2.14. The van der Waals surface area contributed by atoms with Crippen molar-refractivity contribution in [2.75, 3.05) is 0 Å². The van der Waals surface area contributed by atoms with Crippen molar-refractivity contribution in [3.05, 3.63) is 231 Å². The van der Waals surface area contributed by atoms with Crippen LogP contribution in [-0.2, 0) is 0 Å². The standard InChI is InChI=1S/C66H38N4S2/c1-2-15-39(16-3-1)42-29-32-57-51(36-42)52-38-44(31-34-58(52)70(57)64-47-21-5-10-25-54(47)68-62-49-23-8-13-28-60(49)72-66(62)64)41-18-14-17-40(35-41)43-30-33-56-50(37-43)45-19-6-11-26-55(45)69(56)63-46-20-4-9-24-53(46)67-61-48-22-7-12-27-59(48)71-65(61)63/h1-38H. The van der Waals surface area contributed by atoms with Crippen molar-refractivity contribution in [2.45, 2.75) is 0 Å². The minimum absolute atomic E-state index is 0.995. The molecule has 0 spiro atoms. The van der Waals surface area contributed by atoms with Gasteiger partial charge in [-0.1, -0.05) is 158 Å². The first-order valence-electron chi connectivity index (χ1n) is 24.4. The fourth-order valence-corrected chi connectivity index (χ4v) is 14.0. The summed E-state index contributed by atoms with van der Waals surface area (Å²) in [7, 11) is 0.